The Bertz CT molecular complexity index is 642. The van der Waals surface area contributed by atoms with Gasteiger partial charge >= 0.3 is 0 Å². The normalized spacial score (nSPS) is 16.6. The van der Waals surface area contributed by atoms with Gasteiger partial charge in [-0.15, -0.1) is 0 Å². The van der Waals surface area contributed by atoms with Crippen LogP contribution in [0.1, 0.15) is 23.6 Å². The summed E-state index contributed by atoms with van der Waals surface area (Å²) in [6, 6.07) is 16.4. The Hall–Kier alpha value is -1.58. The van der Waals surface area contributed by atoms with Crippen LogP contribution in [0.2, 0.25) is 5.02 Å². The molecule has 20 heavy (non-hydrogen) atoms. The molecule has 0 heterocycles. The summed E-state index contributed by atoms with van der Waals surface area (Å²) in [7, 11) is 0. The average molecular weight is 303 g/mol. The third-order valence-corrected chi connectivity index (χ3v) is 3.98. The number of hydrogen-bond donors (Lipinski definition) is 2. The maximum absolute atomic E-state index is 5.96. The highest BCUT2D eigenvalue weighted by atomic mass is 35.5. The van der Waals surface area contributed by atoms with Crippen molar-refractivity contribution in [2.75, 3.05) is 5.32 Å². The molecule has 4 heteroatoms. The molecular formula is C16H15ClN2S. The van der Waals surface area contributed by atoms with E-state index in [-0.39, 0.29) is 0 Å². The van der Waals surface area contributed by atoms with Crippen LogP contribution in [0.3, 0.4) is 0 Å². The first-order valence-corrected chi connectivity index (χ1v) is 7.42. The SMILES string of the molecule is S=C(Nc1cccc(Cl)c1)NC1CCc2ccccc21. The summed E-state index contributed by atoms with van der Waals surface area (Å²) in [5.74, 6) is 0. The Morgan fingerprint density at radius 1 is 1.15 bits per heavy atom. The van der Waals surface area contributed by atoms with Crippen molar-refractivity contribution < 1.29 is 0 Å². The summed E-state index contributed by atoms with van der Waals surface area (Å²) >= 11 is 11.3. The number of hydrogen-bond acceptors (Lipinski definition) is 1. The molecule has 2 N–H and O–H groups in total. The largest absolute Gasteiger partial charge is 0.356 e. The molecule has 0 amide bonds. The van der Waals surface area contributed by atoms with Gasteiger partial charge in [0.15, 0.2) is 5.11 Å². The summed E-state index contributed by atoms with van der Waals surface area (Å²) in [5.41, 5.74) is 3.67. The zero-order valence-electron chi connectivity index (χ0n) is 10.9. The maximum Gasteiger partial charge on any atom is 0.171 e. The number of halogens is 1. The molecule has 0 bridgehead atoms. The van der Waals surface area contributed by atoms with Crippen LogP contribution in [0.25, 0.3) is 0 Å². The summed E-state index contributed by atoms with van der Waals surface area (Å²) in [4.78, 5) is 0. The fourth-order valence-corrected chi connectivity index (χ4v) is 3.05. The van der Waals surface area contributed by atoms with E-state index < -0.39 is 0 Å². The van der Waals surface area contributed by atoms with E-state index in [4.69, 9.17) is 23.8 Å². The Labute approximate surface area is 129 Å². The quantitative estimate of drug-likeness (QED) is 0.808. The van der Waals surface area contributed by atoms with E-state index in [2.05, 4.69) is 34.9 Å². The molecule has 0 aliphatic heterocycles. The third kappa shape index (κ3) is 2.94. The lowest BCUT2D eigenvalue weighted by molar-refractivity contribution is 0.644. The van der Waals surface area contributed by atoms with Gasteiger partial charge in [-0.3, -0.25) is 0 Å². The van der Waals surface area contributed by atoms with Crippen molar-refractivity contribution >= 4 is 34.6 Å². The predicted molar refractivity (Wildman–Crippen MR) is 88.3 cm³/mol. The molecule has 1 aliphatic rings. The standard InChI is InChI=1S/C16H15ClN2S/c17-12-5-3-6-13(10-12)18-16(20)19-15-9-8-11-4-1-2-7-14(11)15/h1-7,10,15H,8-9H2,(H2,18,19,20). The molecule has 2 aromatic carbocycles. The van der Waals surface area contributed by atoms with Crippen molar-refractivity contribution in [2.45, 2.75) is 18.9 Å². The number of anilines is 1. The summed E-state index contributed by atoms with van der Waals surface area (Å²) in [5, 5.41) is 7.89. The number of rotatable bonds is 2. The van der Waals surface area contributed by atoms with Gasteiger partial charge < -0.3 is 10.6 Å². The Kier molecular flexibility index (Phi) is 3.90. The minimum Gasteiger partial charge on any atom is -0.356 e. The molecule has 0 saturated carbocycles. The topological polar surface area (TPSA) is 24.1 Å². The second kappa shape index (κ2) is 5.81. The van der Waals surface area contributed by atoms with Crippen LogP contribution in [-0.4, -0.2) is 5.11 Å². The van der Waals surface area contributed by atoms with Gasteiger partial charge in [-0.2, -0.15) is 0 Å². The molecule has 1 unspecified atom stereocenters. The lowest BCUT2D eigenvalue weighted by Gasteiger charge is -2.17. The van der Waals surface area contributed by atoms with Crippen LogP contribution in [0.5, 0.6) is 0 Å². The van der Waals surface area contributed by atoms with Crippen LogP contribution >= 0.6 is 23.8 Å². The highest BCUT2D eigenvalue weighted by Gasteiger charge is 2.22. The van der Waals surface area contributed by atoms with Gasteiger partial charge in [0.25, 0.3) is 0 Å². The molecule has 0 spiro atoms. The molecule has 3 rings (SSSR count). The van der Waals surface area contributed by atoms with Gasteiger partial charge in [0, 0.05) is 10.7 Å². The van der Waals surface area contributed by atoms with E-state index in [9.17, 15) is 0 Å². The van der Waals surface area contributed by atoms with Crippen molar-refractivity contribution in [1.82, 2.24) is 5.32 Å². The van der Waals surface area contributed by atoms with E-state index in [1.165, 1.54) is 11.1 Å². The van der Waals surface area contributed by atoms with Crippen molar-refractivity contribution in [3.05, 3.63) is 64.7 Å². The molecule has 2 aromatic rings. The molecule has 1 atom stereocenters. The van der Waals surface area contributed by atoms with Gasteiger partial charge in [-0.25, -0.2) is 0 Å². The van der Waals surface area contributed by atoms with E-state index in [1.54, 1.807) is 0 Å². The first-order chi connectivity index (χ1) is 9.72. The van der Waals surface area contributed by atoms with E-state index >= 15 is 0 Å². The van der Waals surface area contributed by atoms with E-state index in [0.29, 0.717) is 16.2 Å². The van der Waals surface area contributed by atoms with Crippen molar-refractivity contribution in [1.29, 1.82) is 0 Å². The molecule has 2 nitrogen and oxygen atoms in total. The zero-order valence-corrected chi connectivity index (χ0v) is 12.5. The summed E-state index contributed by atoms with van der Waals surface area (Å²) < 4.78 is 0. The molecule has 0 radical (unpaired) electrons. The number of aryl methyl sites for hydroxylation is 1. The molecule has 0 aromatic heterocycles. The fraction of sp³-hybridized carbons (Fsp3) is 0.188. The Balaban J connectivity index is 1.66. The third-order valence-electron chi connectivity index (χ3n) is 3.52. The molecular weight excluding hydrogens is 288 g/mol. The van der Waals surface area contributed by atoms with Crippen LogP contribution < -0.4 is 10.6 Å². The van der Waals surface area contributed by atoms with Gasteiger partial charge in [0.1, 0.15) is 0 Å². The van der Waals surface area contributed by atoms with E-state index in [0.717, 1.165) is 18.5 Å². The number of fused-ring (bicyclic) bond motifs is 1. The maximum atomic E-state index is 5.96. The summed E-state index contributed by atoms with van der Waals surface area (Å²) in [6.45, 7) is 0. The highest BCUT2D eigenvalue weighted by molar-refractivity contribution is 7.80. The Morgan fingerprint density at radius 3 is 2.85 bits per heavy atom. The van der Waals surface area contributed by atoms with Crippen LogP contribution in [0.4, 0.5) is 5.69 Å². The van der Waals surface area contributed by atoms with Crippen LogP contribution in [0.15, 0.2) is 48.5 Å². The molecule has 1 aliphatic carbocycles. The van der Waals surface area contributed by atoms with Crippen molar-refractivity contribution in [2.24, 2.45) is 0 Å². The lowest BCUT2D eigenvalue weighted by Crippen LogP contribution is -2.31. The van der Waals surface area contributed by atoms with E-state index in [1.807, 2.05) is 24.3 Å². The lowest BCUT2D eigenvalue weighted by atomic mass is 10.1. The second-order valence-electron chi connectivity index (χ2n) is 4.90. The molecule has 0 saturated heterocycles. The monoisotopic (exact) mass is 302 g/mol. The van der Waals surface area contributed by atoms with Crippen LogP contribution in [-0.2, 0) is 6.42 Å². The minimum absolute atomic E-state index is 0.297. The van der Waals surface area contributed by atoms with Gasteiger partial charge in [-0.1, -0.05) is 41.9 Å². The van der Waals surface area contributed by atoms with Gasteiger partial charge in [-0.05, 0) is 54.4 Å². The molecule has 0 fully saturated rings. The predicted octanol–water partition coefficient (Wildman–Crippen LogP) is 4.31. The highest BCUT2D eigenvalue weighted by Crippen LogP contribution is 2.30. The number of benzene rings is 2. The number of thiocarbonyl (C=S) groups is 1. The average Bonchev–Trinajstić information content (AvgIpc) is 2.82. The van der Waals surface area contributed by atoms with Crippen molar-refractivity contribution in [3.63, 3.8) is 0 Å². The van der Waals surface area contributed by atoms with Crippen molar-refractivity contribution in [3.8, 4) is 0 Å². The first kappa shape index (κ1) is 13.4. The molecule has 102 valence electrons. The first-order valence-electron chi connectivity index (χ1n) is 6.63. The Morgan fingerprint density at radius 2 is 2.00 bits per heavy atom. The van der Waals surface area contributed by atoms with Crippen LogP contribution in [0, 0.1) is 0 Å². The zero-order chi connectivity index (χ0) is 13.9. The summed E-state index contributed by atoms with van der Waals surface area (Å²) in [6.07, 6.45) is 2.18. The fourth-order valence-electron chi connectivity index (χ4n) is 2.60. The van der Waals surface area contributed by atoms with Gasteiger partial charge in [0.2, 0.25) is 0 Å². The second-order valence-corrected chi connectivity index (χ2v) is 5.74. The van der Waals surface area contributed by atoms with Gasteiger partial charge in [0.05, 0.1) is 6.04 Å². The smallest absolute Gasteiger partial charge is 0.171 e. The number of nitrogens with one attached hydrogen (secondary N) is 2. The minimum atomic E-state index is 0.297.